The van der Waals surface area contributed by atoms with Crippen molar-refractivity contribution in [2.45, 2.75) is 19.4 Å². The second-order valence-corrected chi connectivity index (χ2v) is 2.28. The van der Waals surface area contributed by atoms with Gasteiger partial charge in [0.25, 0.3) is 0 Å². The monoisotopic (exact) mass is 139 g/mol. The van der Waals surface area contributed by atoms with Crippen molar-refractivity contribution in [2.24, 2.45) is 5.73 Å². The molecule has 0 fully saturated rings. The number of hydrogen-bond donors (Lipinski definition) is 1. The molecule has 0 saturated heterocycles. The van der Waals surface area contributed by atoms with Crippen molar-refractivity contribution in [1.82, 2.24) is 9.78 Å². The Kier molecular flexibility index (Phi) is 2.45. The van der Waals surface area contributed by atoms with E-state index in [4.69, 9.17) is 5.73 Å². The first-order chi connectivity index (χ1) is 4.88. The van der Waals surface area contributed by atoms with Gasteiger partial charge in [0, 0.05) is 18.9 Å². The molecule has 0 bridgehead atoms. The van der Waals surface area contributed by atoms with Crippen molar-refractivity contribution in [3.63, 3.8) is 0 Å². The summed E-state index contributed by atoms with van der Waals surface area (Å²) >= 11 is 0. The van der Waals surface area contributed by atoms with Gasteiger partial charge in [0.1, 0.15) is 0 Å². The van der Waals surface area contributed by atoms with E-state index in [9.17, 15) is 0 Å². The van der Waals surface area contributed by atoms with Crippen molar-refractivity contribution in [3.8, 4) is 0 Å². The molecule has 1 unspecified atom stereocenters. The molecule has 0 aliphatic heterocycles. The molecule has 1 heterocycles. The van der Waals surface area contributed by atoms with Gasteiger partial charge in [-0.3, -0.25) is 4.68 Å². The zero-order chi connectivity index (χ0) is 7.40. The molecular formula is C7H13N3. The maximum atomic E-state index is 5.51. The predicted molar refractivity (Wildman–Crippen MR) is 40.6 cm³/mol. The van der Waals surface area contributed by atoms with E-state index in [-0.39, 0.29) is 0 Å². The van der Waals surface area contributed by atoms with Crippen LogP contribution in [0.2, 0.25) is 0 Å². The normalized spacial score (nSPS) is 13.4. The number of aromatic nitrogens is 2. The lowest BCUT2D eigenvalue weighted by molar-refractivity contribution is 0.450. The molecule has 0 aliphatic rings. The Bertz CT molecular complexity index is 165. The number of rotatable bonds is 3. The van der Waals surface area contributed by atoms with Gasteiger partial charge in [0.15, 0.2) is 0 Å². The van der Waals surface area contributed by atoms with Crippen LogP contribution in [0.15, 0.2) is 18.5 Å². The molecule has 10 heavy (non-hydrogen) atoms. The van der Waals surface area contributed by atoms with Crippen LogP contribution < -0.4 is 5.73 Å². The summed E-state index contributed by atoms with van der Waals surface area (Å²) in [6, 6.07) is 2.29. The maximum absolute atomic E-state index is 5.51. The van der Waals surface area contributed by atoms with Crippen molar-refractivity contribution in [2.75, 3.05) is 6.54 Å². The molecule has 0 aromatic carbocycles. The lowest BCUT2D eigenvalue weighted by Crippen LogP contribution is -2.18. The standard InChI is InChI=1S/C7H13N3/c1-2-7(6-8)10-5-3-4-9-10/h3-5,7H,2,6,8H2,1H3. The van der Waals surface area contributed by atoms with E-state index < -0.39 is 0 Å². The minimum atomic E-state index is 0.370. The summed E-state index contributed by atoms with van der Waals surface area (Å²) in [6.45, 7) is 2.78. The van der Waals surface area contributed by atoms with E-state index in [0.29, 0.717) is 12.6 Å². The third-order valence-corrected chi connectivity index (χ3v) is 1.64. The Labute approximate surface area is 60.8 Å². The average Bonchev–Trinajstić information content (AvgIpc) is 2.43. The van der Waals surface area contributed by atoms with Gasteiger partial charge >= 0.3 is 0 Å². The second-order valence-electron chi connectivity index (χ2n) is 2.28. The molecule has 0 saturated carbocycles. The first-order valence-electron chi connectivity index (χ1n) is 3.57. The SMILES string of the molecule is CCC(CN)n1cccn1. The van der Waals surface area contributed by atoms with E-state index >= 15 is 0 Å². The van der Waals surface area contributed by atoms with Crippen LogP contribution in [0.3, 0.4) is 0 Å². The fourth-order valence-electron chi connectivity index (χ4n) is 0.958. The third-order valence-electron chi connectivity index (χ3n) is 1.64. The van der Waals surface area contributed by atoms with Crippen LogP contribution in [0.4, 0.5) is 0 Å². The van der Waals surface area contributed by atoms with Crippen molar-refractivity contribution >= 4 is 0 Å². The van der Waals surface area contributed by atoms with E-state index in [2.05, 4.69) is 12.0 Å². The smallest absolute Gasteiger partial charge is 0.0638 e. The lowest BCUT2D eigenvalue weighted by Gasteiger charge is -2.11. The van der Waals surface area contributed by atoms with Crippen LogP contribution in [0.5, 0.6) is 0 Å². The minimum absolute atomic E-state index is 0.370. The van der Waals surface area contributed by atoms with Gasteiger partial charge in [-0.15, -0.1) is 0 Å². The highest BCUT2D eigenvalue weighted by Gasteiger charge is 2.03. The Morgan fingerprint density at radius 2 is 2.50 bits per heavy atom. The molecule has 3 nitrogen and oxygen atoms in total. The van der Waals surface area contributed by atoms with Gasteiger partial charge in [-0.2, -0.15) is 5.10 Å². The van der Waals surface area contributed by atoms with Gasteiger partial charge in [0.2, 0.25) is 0 Å². The van der Waals surface area contributed by atoms with Gasteiger partial charge in [0.05, 0.1) is 6.04 Å². The molecule has 1 rings (SSSR count). The zero-order valence-electron chi connectivity index (χ0n) is 6.20. The van der Waals surface area contributed by atoms with Crippen LogP contribution in [-0.2, 0) is 0 Å². The Morgan fingerprint density at radius 3 is 2.90 bits per heavy atom. The summed E-state index contributed by atoms with van der Waals surface area (Å²) in [5.74, 6) is 0. The van der Waals surface area contributed by atoms with Crippen molar-refractivity contribution in [1.29, 1.82) is 0 Å². The summed E-state index contributed by atoms with van der Waals surface area (Å²) in [6.07, 6.45) is 4.76. The lowest BCUT2D eigenvalue weighted by atomic mass is 10.2. The van der Waals surface area contributed by atoms with Gasteiger partial charge in [-0.25, -0.2) is 0 Å². The zero-order valence-corrected chi connectivity index (χ0v) is 6.20. The Hall–Kier alpha value is -0.830. The molecule has 0 aliphatic carbocycles. The summed E-state index contributed by atoms with van der Waals surface area (Å²) < 4.78 is 1.90. The van der Waals surface area contributed by atoms with Crippen LogP contribution >= 0.6 is 0 Å². The average molecular weight is 139 g/mol. The maximum Gasteiger partial charge on any atom is 0.0638 e. The molecule has 0 spiro atoms. The first kappa shape index (κ1) is 7.28. The summed E-state index contributed by atoms with van der Waals surface area (Å²) in [4.78, 5) is 0. The fourth-order valence-corrected chi connectivity index (χ4v) is 0.958. The second kappa shape index (κ2) is 3.37. The van der Waals surface area contributed by atoms with Gasteiger partial charge in [-0.05, 0) is 12.5 Å². The minimum Gasteiger partial charge on any atom is -0.328 e. The van der Waals surface area contributed by atoms with Crippen LogP contribution in [-0.4, -0.2) is 16.3 Å². The van der Waals surface area contributed by atoms with E-state index in [1.54, 1.807) is 6.20 Å². The number of nitrogens with zero attached hydrogens (tertiary/aromatic N) is 2. The molecule has 56 valence electrons. The van der Waals surface area contributed by atoms with Crippen LogP contribution in [0, 0.1) is 0 Å². The molecule has 1 atom stereocenters. The van der Waals surface area contributed by atoms with Crippen molar-refractivity contribution in [3.05, 3.63) is 18.5 Å². The molecular weight excluding hydrogens is 126 g/mol. The molecule has 3 heteroatoms. The van der Waals surface area contributed by atoms with Crippen LogP contribution in [0.1, 0.15) is 19.4 Å². The van der Waals surface area contributed by atoms with E-state index in [0.717, 1.165) is 6.42 Å². The van der Waals surface area contributed by atoms with E-state index in [1.807, 2.05) is 16.9 Å². The highest BCUT2D eigenvalue weighted by molar-refractivity contribution is 4.81. The highest BCUT2D eigenvalue weighted by Crippen LogP contribution is 2.05. The number of hydrogen-bond acceptors (Lipinski definition) is 2. The molecule has 1 aromatic rings. The summed E-state index contributed by atoms with van der Waals surface area (Å²) in [5.41, 5.74) is 5.51. The first-order valence-corrected chi connectivity index (χ1v) is 3.57. The molecule has 2 N–H and O–H groups in total. The fraction of sp³-hybridized carbons (Fsp3) is 0.571. The third kappa shape index (κ3) is 1.36. The molecule has 1 aromatic heterocycles. The summed E-state index contributed by atoms with van der Waals surface area (Å²) in [7, 11) is 0. The number of nitrogens with two attached hydrogens (primary N) is 1. The van der Waals surface area contributed by atoms with Crippen LogP contribution in [0.25, 0.3) is 0 Å². The molecule has 0 amide bonds. The highest BCUT2D eigenvalue weighted by atomic mass is 15.3. The Balaban J connectivity index is 2.64. The van der Waals surface area contributed by atoms with Gasteiger partial charge in [-0.1, -0.05) is 6.92 Å². The largest absolute Gasteiger partial charge is 0.328 e. The predicted octanol–water partition coefficient (Wildman–Crippen LogP) is 0.793. The van der Waals surface area contributed by atoms with Crippen molar-refractivity contribution < 1.29 is 0 Å². The topological polar surface area (TPSA) is 43.8 Å². The summed E-state index contributed by atoms with van der Waals surface area (Å²) in [5, 5.41) is 4.09. The van der Waals surface area contributed by atoms with E-state index in [1.165, 1.54) is 0 Å². The quantitative estimate of drug-likeness (QED) is 0.673. The van der Waals surface area contributed by atoms with Gasteiger partial charge < -0.3 is 5.73 Å². The molecule has 0 radical (unpaired) electrons. The Morgan fingerprint density at radius 1 is 1.70 bits per heavy atom.